The number of hydrogen-bond acceptors (Lipinski definition) is 6. The molecule has 1 fully saturated rings. The van der Waals surface area contributed by atoms with E-state index in [1.54, 1.807) is 6.08 Å². The van der Waals surface area contributed by atoms with Gasteiger partial charge < -0.3 is 14.2 Å². The Hall–Kier alpha value is -2.98. The molecule has 3 aromatic carbocycles. The van der Waals surface area contributed by atoms with Crippen molar-refractivity contribution in [2.24, 2.45) is 0 Å². The first-order valence-electron chi connectivity index (χ1n) is 12.4. The van der Waals surface area contributed by atoms with Crippen LogP contribution in [0.3, 0.4) is 0 Å². The Bertz CT molecular complexity index is 1390. The number of nitrogens with zero attached hydrogens (tertiary/aromatic N) is 1. The highest BCUT2D eigenvalue weighted by molar-refractivity contribution is 14.1. The lowest BCUT2D eigenvalue weighted by molar-refractivity contribution is -0.123. The van der Waals surface area contributed by atoms with Crippen LogP contribution in [0.15, 0.2) is 59.5 Å². The van der Waals surface area contributed by atoms with E-state index in [0.717, 1.165) is 48.9 Å². The van der Waals surface area contributed by atoms with Gasteiger partial charge in [-0.2, -0.15) is 0 Å². The number of imide groups is 1. The van der Waals surface area contributed by atoms with Crippen LogP contribution in [0.5, 0.6) is 17.2 Å². The lowest BCUT2D eigenvalue weighted by Crippen LogP contribution is -2.32. The minimum atomic E-state index is -0.322. The monoisotopic (exact) mass is 643 g/mol. The fourth-order valence-corrected chi connectivity index (χ4v) is 5.60. The van der Waals surface area contributed by atoms with Crippen molar-refractivity contribution < 1.29 is 23.8 Å². The van der Waals surface area contributed by atoms with E-state index in [1.165, 1.54) is 4.90 Å². The third-order valence-corrected chi connectivity index (χ3v) is 7.76. The maximum absolute atomic E-state index is 13.0. The zero-order chi connectivity index (χ0) is 27.2. The van der Waals surface area contributed by atoms with Crippen LogP contribution >= 0.6 is 34.4 Å². The van der Waals surface area contributed by atoms with Crippen LogP contribution in [0.4, 0.5) is 4.79 Å². The molecule has 0 spiro atoms. The molecule has 6 nitrogen and oxygen atoms in total. The fourth-order valence-electron chi connectivity index (χ4n) is 3.95. The van der Waals surface area contributed by atoms with Gasteiger partial charge in [0, 0.05) is 0 Å². The molecule has 1 saturated heterocycles. The molecule has 0 aliphatic carbocycles. The second-order valence-corrected chi connectivity index (χ2v) is 11.1. The summed E-state index contributed by atoms with van der Waals surface area (Å²) in [6, 6.07) is 17.8. The Morgan fingerprint density at radius 2 is 1.71 bits per heavy atom. The largest absolute Gasteiger partial charge is 0.491 e. The number of carbonyl (C=O) groups is 2. The molecule has 8 heteroatoms. The molecule has 0 aromatic heterocycles. The van der Waals surface area contributed by atoms with Crippen LogP contribution in [0.25, 0.3) is 6.08 Å². The second kappa shape index (κ2) is 12.7. The number of amides is 2. The van der Waals surface area contributed by atoms with Gasteiger partial charge in [0.05, 0.1) is 21.6 Å². The van der Waals surface area contributed by atoms with E-state index in [9.17, 15) is 9.59 Å². The Morgan fingerprint density at radius 1 is 0.921 bits per heavy atom. The van der Waals surface area contributed by atoms with Crippen LogP contribution in [0, 0.1) is 24.3 Å². The fraction of sp³-hybridized carbons (Fsp3) is 0.267. The van der Waals surface area contributed by atoms with Crippen LogP contribution in [-0.2, 0) is 11.4 Å². The number of hydrogen-bond donors (Lipinski definition) is 0. The predicted molar refractivity (Wildman–Crippen MR) is 160 cm³/mol. The molecule has 0 saturated carbocycles. The van der Waals surface area contributed by atoms with Crippen molar-refractivity contribution >= 4 is 51.6 Å². The minimum Gasteiger partial charge on any atom is -0.491 e. The average Bonchev–Trinajstić information content (AvgIpc) is 3.14. The van der Waals surface area contributed by atoms with E-state index in [-0.39, 0.29) is 24.3 Å². The highest BCUT2D eigenvalue weighted by Crippen LogP contribution is 2.38. The molecule has 0 radical (unpaired) electrons. The molecular weight excluding hydrogens is 613 g/mol. The quantitative estimate of drug-likeness (QED) is 0.171. The van der Waals surface area contributed by atoms with E-state index in [2.05, 4.69) is 35.6 Å². The lowest BCUT2D eigenvalue weighted by atomic mass is 10.1. The van der Waals surface area contributed by atoms with Gasteiger partial charge in [-0.1, -0.05) is 36.4 Å². The van der Waals surface area contributed by atoms with Gasteiger partial charge in [-0.25, -0.2) is 0 Å². The topological polar surface area (TPSA) is 65.1 Å². The summed E-state index contributed by atoms with van der Waals surface area (Å²) < 4.78 is 18.8. The molecule has 0 unspecified atom stereocenters. The Balaban J connectivity index is 1.47. The van der Waals surface area contributed by atoms with Gasteiger partial charge in [0.2, 0.25) is 0 Å². The number of rotatable bonds is 10. The summed E-state index contributed by atoms with van der Waals surface area (Å²) in [4.78, 5) is 27.3. The number of halogens is 1. The predicted octanol–water partition coefficient (Wildman–Crippen LogP) is 7.31. The number of benzene rings is 3. The highest BCUT2D eigenvalue weighted by Gasteiger charge is 2.35. The molecule has 0 N–H and O–H groups in total. The van der Waals surface area contributed by atoms with E-state index >= 15 is 0 Å². The zero-order valence-electron chi connectivity index (χ0n) is 21.9. The maximum atomic E-state index is 13.0. The third kappa shape index (κ3) is 6.71. The molecule has 2 amide bonds. The standard InChI is InChI=1S/C30H30INO5S/c1-5-35-26-16-22(15-24(31)28(26)37-18-23-9-7-6-8-20(23)3)17-27-29(33)32(30(34)38-27)12-13-36-25-14-19(2)10-11-21(25)4/h6-11,14-17H,5,12-13,18H2,1-4H3/b27-17-. The van der Waals surface area contributed by atoms with Crippen LogP contribution in [0.1, 0.15) is 34.7 Å². The first kappa shape index (κ1) is 28.0. The minimum absolute atomic E-state index is 0.183. The van der Waals surface area contributed by atoms with Gasteiger partial charge in [-0.15, -0.1) is 0 Å². The first-order chi connectivity index (χ1) is 18.3. The molecular formula is C30H30INO5S. The Kier molecular flexibility index (Phi) is 9.38. The molecule has 0 atom stereocenters. The summed E-state index contributed by atoms with van der Waals surface area (Å²) in [6.07, 6.45) is 1.73. The van der Waals surface area contributed by atoms with E-state index < -0.39 is 0 Å². The van der Waals surface area contributed by atoms with Crippen molar-refractivity contribution in [3.8, 4) is 17.2 Å². The molecule has 1 heterocycles. The molecule has 1 aliphatic rings. The normalized spacial score (nSPS) is 14.3. The molecule has 4 rings (SSSR count). The van der Waals surface area contributed by atoms with Crippen LogP contribution < -0.4 is 14.2 Å². The molecule has 3 aromatic rings. The van der Waals surface area contributed by atoms with E-state index in [0.29, 0.717) is 29.6 Å². The van der Waals surface area contributed by atoms with Crippen molar-refractivity contribution in [1.29, 1.82) is 0 Å². The van der Waals surface area contributed by atoms with Crippen molar-refractivity contribution in [1.82, 2.24) is 4.90 Å². The van der Waals surface area contributed by atoms with Crippen molar-refractivity contribution in [3.05, 3.63) is 90.9 Å². The van der Waals surface area contributed by atoms with Gasteiger partial charge >= 0.3 is 0 Å². The molecule has 198 valence electrons. The van der Waals surface area contributed by atoms with Gasteiger partial charge in [0.25, 0.3) is 11.1 Å². The van der Waals surface area contributed by atoms with Crippen molar-refractivity contribution in [2.45, 2.75) is 34.3 Å². The summed E-state index contributed by atoms with van der Waals surface area (Å²) in [5.74, 6) is 1.69. The summed E-state index contributed by atoms with van der Waals surface area (Å²) in [5, 5.41) is -0.302. The number of carbonyl (C=O) groups excluding carboxylic acids is 2. The van der Waals surface area contributed by atoms with Gasteiger partial charge in [0.1, 0.15) is 19.0 Å². The number of aryl methyl sites for hydroxylation is 3. The van der Waals surface area contributed by atoms with Crippen molar-refractivity contribution in [2.75, 3.05) is 19.8 Å². The first-order valence-corrected chi connectivity index (χ1v) is 14.3. The maximum Gasteiger partial charge on any atom is 0.293 e. The number of thioether (sulfide) groups is 1. The molecule has 1 aliphatic heterocycles. The zero-order valence-corrected chi connectivity index (χ0v) is 24.9. The summed E-state index contributed by atoms with van der Waals surface area (Å²) >= 11 is 3.15. The van der Waals surface area contributed by atoms with Crippen molar-refractivity contribution in [3.63, 3.8) is 0 Å². The second-order valence-electron chi connectivity index (χ2n) is 8.93. The Labute approximate surface area is 241 Å². The van der Waals surface area contributed by atoms with Gasteiger partial charge in [-0.05, 0) is 114 Å². The lowest BCUT2D eigenvalue weighted by Gasteiger charge is -2.16. The SMILES string of the molecule is CCOc1cc(/C=C2\SC(=O)N(CCOc3cc(C)ccc3C)C2=O)cc(I)c1OCc1ccccc1C. The third-order valence-electron chi connectivity index (χ3n) is 6.05. The van der Waals surface area contributed by atoms with Crippen LogP contribution in [-0.4, -0.2) is 35.8 Å². The van der Waals surface area contributed by atoms with Gasteiger partial charge in [0.15, 0.2) is 11.5 Å². The summed E-state index contributed by atoms with van der Waals surface area (Å²) in [5.41, 5.74) is 5.12. The average molecular weight is 644 g/mol. The highest BCUT2D eigenvalue weighted by atomic mass is 127. The summed E-state index contributed by atoms with van der Waals surface area (Å²) in [7, 11) is 0. The molecule has 0 bridgehead atoms. The number of ether oxygens (including phenoxy) is 3. The smallest absolute Gasteiger partial charge is 0.293 e. The van der Waals surface area contributed by atoms with Crippen LogP contribution in [0.2, 0.25) is 0 Å². The Morgan fingerprint density at radius 3 is 2.47 bits per heavy atom. The van der Waals surface area contributed by atoms with Gasteiger partial charge in [-0.3, -0.25) is 14.5 Å². The van der Waals surface area contributed by atoms with E-state index in [4.69, 9.17) is 14.2 Å². The van der Waals surface area contributed by atoms with E-state index in [1.807, 2.05) is 69.3 Å². The molecule has 38 heavy (non-hydrogen) atoms. The summed E-state index contributed by atoms with van der Waals surface area (Å²) in [6.45, 7) is 9.23.